The SMILES string of the molecule is CCN(CC(C)(C)CN)C(=O)c1ccc(O)c(C)c1. The number of carbonyl (C=O) groups is 1. The fraction of sp³-hybridized carbons (Fsp3) is 0.533. The molecule has 0 spiro atoms. The quantitative estimate of drug-likeness (QED) is 0.856. The molecule has 19 heavy (non-hydrogen) atoms. The number of hydrogen-bond acceptors (Lipinski definition) is 3. The van der Waals surface area contributed by atoms with Gasteiger partial charge in [0.1, 0.15) is 5.75 Å². The molecule has 106 valence electrons. The molecule has 1 amide bonds. The van der Waals surface area contributed by atoms with Crippen LogP contribution in [0.1, 0.15) is 36.7 Å². The highest BCUT2D eigenvalue weighted by Crippen LogP contribution is 2.20. The minimum atomic E-state index is -0.0996. The zero-order chi connectivity index (χ0) is 14.6. The lowest BCUT2D eigenvalue weighted by molar-refractivity contribution is 0.0700. The molecule has 0 saturated carbocycles. The molecular weight excluding hydrogens is 240 g/mol. The standard InChI is InChI=1S/C15H24N2O2/c1-5-17(10-15(3,4)9-16)14(19)12-6-7-13(18)11(2)8-12/h6-8,18H,5,9-10,16H2,1-4H3. The summed E-state index contributed by atoms with van der Waals surface area (Å²) in [6.07, 6.45) is 0. The maximum absolute atomic E-state index is 12.4. The second-order valence-corrected chi connectivity index (χ2v) is 5.69. The average Bonchev–Trinajstić information content (AvgIpc) is 2.38. The molecule has 0 aliphatic rings. The molecule has 0 aromatic heterocycles. The van der Waals surface area contributed by atoms with Crippen LogP contribution >= 0.6 is 0 Å². The van der Waals surface area contributed by atoms with Gasteiger partial charge in [0.2, 0.25) is 0 Å². The first kappa shape index (κ1) is 15.5. The fourth-order valence-corrected chi connectivity index (χ4v) is 1.88. The van der Waals surface area contributed by atoms with E-state index >= 15 is 0 Å². The lowest BCUT2D eigenvalue weighted by Gasteiger charge is -2.31. The zero-order valence-electron chi connectivity index (χ0n) is 12.2. The predicted molar refractivity (Wildman–Crippen MR) is 77.3 cm³/mol. The number of phenolic OH excluding ortho intramolecular Hbond substituents is 1. The van der Waals surface area contributed by atoms with Crippen LogP contribution in [0.3, 0.4) is 0 Å². The molecule has 0 bridgehead atoms. The lowest BCUT2D eigenvalue weighted by Crippen LogP contribution is -2.42. The number of aromatic hydroxyl groups is 1. The van der Waals surface area contributed by atoms with E-state index in [0.717, 1.165) is 0 Å². The van der Waals surface area contributed by atoms with Crippen molar-refractivity contribution in [1.82, 2.24) is 4.90 Å². The number of carbonyl (C=O) groups excluding carboxylic acids is 1. The van der Waals surface area contributed by atoms with Gasteiger partial charge in [-0.25, -0.2) is 0 Å². The molecular formula is C15H24N2O2. The molecule has 1 aromatic carbocycles. The van der Waals surface area contributed by atoms with Crippen LogP contribution in [0.4, 0.5) is 0 Å². The normalized spacial score (nSPS) is 11.4. The number of nitrogens with zero attached hydrogens (tertiary/aromatic N) is 1. The first-order chi connectivity index (χ1) is 8.80. The third-order valence-electron chi connectivity index (χ3n) is 3.28. The Bertz CT molecular complexity index is 455. The summed E-state index contributed by atoms with van der Waals surface area (Å²) in [4.78, 5) is 14.2. The van der Waals surface area contributed by atoms with Crippen molar-refractivity contribution in [1.29, 1.82) is 0 Å². The first-order valence-corrected chi connectivity index (χ1v) is 6.59. The van der Waals surface area contributed by atoms with Crippen molar-refractivity contribution in [2.75, 3.05) is 19.6 Å². The van der Waals surface area contributed by atoms with Crippen molar-refractivity contribution < 1.29 is 9.90 Å². The monoisotopic (exact) mass is 264 g/mol. The molecule has 0 heterocycles. The third-order valence-corrected chi connectivity index (χ3v) is 3.28. The molecule has 1 aromatic rings. The van der Waals surface area contributed by atoms with Crippen LogP contribution in [0.25, 0.3) is 0 Å². The van der Waals surface area contributed by atoms with Crippen LogP contribution in [0.2, 0.25) is 0 Å². The summed E-state index contributed by atoms with van der Waals surface area (Å²) >= 11 is 0. The molecule has 0 fully saturated rings. The summed E-state index contributed by atoms with van der Waals surface area (Å²) in [5.74, 6) is 0.189. The number of nitrogens with two attached hydrogens (primary N) is 1. The molecule has 0 aliphatic heterocycles. The van der Waals surface area contributed by atoms with E-state index in [9.17, 15) is 9.90 Å². The van der Waals surface area contributed by atoms with Gasteiger partial charge in [-0.3, -0.25) is 4.79 Å². The van der Waals surface area contributed by atoms with E-state index in [1.54, 1.807) is 30.0 Å². The summed E-state index contributed by atoms with van der Waals surface area (Å²) in [7, 11) is 0. The van der Waals surface area contributed by atoms with E-state index in [0.29, 0.717) is 30.8 Å². The number of phenols is 1. The molecule has 4 heteroatoms. The predicted octanol–water partition coefficient (Wildman–Crippen LogP) is 2.15. The Labute approximate surface area is 115 Å². The van der Waals surface area contributed by atoms with Crippen LogP contribution in [0, 0.1) is 12.3 Å². The number of hydrogen-bond donors (Lipinski definition) is 2. The number of aryl methyl sites for hydroxylation is 1. The second-order valence-electron chi connectivity index (χ2n) is 5.69. The smallest absolute Gasteiger partial charge is 0.253 e. The van der Waals surface area contributed by atoms with Crippen molar-refractivity contribution in [3.05, 3.63) is 29.3 Å². The van der Waals surface area contributed by atoms with Crippen molar-refractivity contribution >= 4 is 5.91 Å². The maximum atomic E-state index is 12.4. The van der Waals surface area contributed by atoms with Gasteiger partial charge in [0.15, 0.2) is 0 Å². The van der Waals surface area contributed by atoms with Gasteiger partial charge < -0.3 is 15.7 Å². The fourth-order valence-electron chi connectivity index (χ4n) is 1.88. The highest BCUT2D eigenvalue weighted by molar-refractivity contribution is 5.94. The highest BCUT2D eigenvalue weighted by Gasteiger charge is 2.23. The van der Waals surface area contributed by atoms with Gasteiger partial charge in [-0.1, -0.05) is 13.8 Å². The molecule has 3 N–H and O–H groups in total. The van der Waals surface area contributed by atoms with Crippen molar-refractivity contribution in [2.45, 2.75) is 27.7 Å². The second kappa shape index (κ2) is 6.06. The van der Waals surface area contributed by atoms with Gasteiger partial charge in [-0.05, 0) is 49.6 Å². The number of amides is 1. The number of rotatable bonds is 5. The van der Waals surface area contributed by atoms with Crippen LogP contribution < -0.4 is 5.73 Å². The van der Waals surface area contributed by atoms with Gasteiger partial charge in [-0.2, -0.15) is 0 Å². The Kier molecular flexibility index (Phi) is 4.95. The Morgan fingerprint density at radius 3 is 2.53 bits per heavy atom. The maximum Gasteiger partial charge on any atom is 0.253 e. The van der Waals surface area contributed by atoms with Crippen LogP contribution in [0.15, 0.2) is 18.2 Å². The zero-order valence-corrected chi connectivity index (χ0v) is 12.2. The van der Waals surface area contributed by atoms with Gasteiger partial charge >= 0.3 is 0 Å². The van der Waals surface area contributed by atoms with Crippen molar-refractivity contribution in [2.24, 2.45) is 11.1 Å². The largest absolute Gasteiger partial charge is 0.508 e. The van der Waals surface area contributed by atoms with Gasteiger partial charge in [0.25, 0.3) is 5.91 Å². The van der Waals surface area contributed by atoms with E-state index < -0.39 is 0 Å². The van der Waals surface area contributed by atoms with E-state index in [1.807, 2.05) is 20.8 Å². The third kappa shape index (κ3) is 3.96. The Balaban J connectivity index is 2.92. The highest BCUT2D eigenvalue weighted by atomic mass is 16.3. The van der Waals surface area contributed by atoms with Gasteiger partial charge in [0, 0.05) is 18.7 Å². The molecule has 0 atom stereocenters. The molecule has 1 rings (SSSR count). The molecule has 0 saturated heterocycles. The topological polar surface area (TPSA) is 66.6 Å². The van der Waals surface area contributed by atoms with Gasteiger partial charge in [-0.15, -0.1) is 0 Å². The number of benzene rings is 1. The molecule has 4 nitrogen and oxygen atoms in total. The minimum absolute atomic E-state index is 0.0212. The lowest BCUT2D eigenvalue weighted by atomic mass is 9.92. The van der Waals surface area contributed by atoms with Crippen LogP contribution in [-0.4, -0.2) is 35.5 Å². The molecule has 0 unspecified atom stereocenters. The summed E-state index contributed by atoms with van der Waals surface area (Å²) in [5, 5.41) is 9.50. The Morgan fingerprint density at radius 2 is 2.05 bits per heavy atom. The van der Waals surface area contributed by atoms with Crippen molar-refractivity contribution in [3.8, 4) is 5.75 Å². The van der Waals surface area contributed by atoms with E-state index in [1.165, 1.54) is 0 Å². The first-order valence-electron chi connectivity index (χ1n) is 6.59. The van der Waals surface area contributed by atoms with Crippen molar-refractivity contribution in [3.63, 3.8) is 0 Å². The average molecular weight is 264 g/mol. The summed E-state index contributed by atoms with van der Waals surface area (Å²) in [6.45, 7) is 9.63. The summed E-state index contributed by atoms with van der Waals surface area (Å²) in [6, 6.07) is 4.93. The summed E-state index contributed by atoms with van der Waals surface area (Å²) < 4.78 is 0. The van der Waals surface area contributed by atoms with Gasteiger partial charge in [0.05, 0.1) is 0 Å². The van der Waals surface area contributed by atoms with E-state index in [2.05, 4.69) is 0 Å². The van der Waals surface area contributed by atoms with E-state index in [4.69, 9.17) is 5.73 Å². The van der Waals surface area contributed by atoms with Crippen LogP contribution in [0.5, 0.6) is 5.75 Å². The summed E-state index contributed by atoms with van der Waals surface area (Å²) in [5.41, 5.74) is 6.93. The molecule has 0 aliphatic carbocycles. The van der Waals surface area contributed by atoms with E-state index in [-0.39, 0.29) is 17.1 Å². The minimum Gasteiger partial charge on any atom is -0.508 e. The van der Waals surface area contributed by atoms with Crippen LogP contribution in [-0.2, 0) is 0 Å². The Morgan fingerprint density at radius 1 is 1.42 bits per heavy atom. The molecule has 0 radical (unpaired) electrons. The Hall–Kier alpha value is -1.55.